The zero-order valence-electron chi connectivity index (χ0n) is 23.2. The molecule has 2 aliphatic rings. The number of piperidine rings is 1. The third-order valence-electron chi connectivity index (χ3n) is 7.77. The van der Waals surface area contributed by atoms with Crippen LogP contribution in [0.1, 0.15) is 51.3 Å². The number of carboxylic acids is 1. The summed E-state index contributed by atoms with van der Waals surface area (Å²) in [5.74, 6) is -3.98. The fourth-order valence-electron chi connectivity index (χ4n) is 6.43. The number of para-hydroxylation sites is 1. The summed E-state index contributed by atoms with van der Waals surface area (Å²) in [6, 6.07) is 9.91. The van der Waals surface area contributed by atoms with Gasteiger partial charge in [0.1, 0.15) is 23.3 Å². The van der Waals surface area contributed by atoms with Gasteiger partial charge in [0.05, 0.1) is 12.5 Å². The fourth-order valence-corrected chi connectivity index (χ4v) is 6.61. The maximum absolute atomic E-state index is 14.5. The molecule has 2 aromatic rings. The van der Waals surface area contributed by atoms with Gasteiger partial charge in [-0.05, 0) is 25.1 Å². The number of halogens is 4. The van der Waals surface area contributed by atoms with Gasteiger partial charge in [0.15, 0.2) is 6.61 Å². The van der Waals surface area contributed by atoms with E-state index < -0.39 is 63.8 Å². The summed E-state index contributed by atoms with van der Waals surface area (Å²) in [5.41, 5.74) is -2.20. The van der Waals surface area contributed by atoms with Crippen molar-refractivity contribution in [3.05, 3.63) is 58.6 Å². The number of ether oxygens (including phenoxy) is 2. The zero-order chi connectivity index (χ0) is 30.4. The fraction of sp³-hybridized carbons (Fsp3) is 0.483. The van der Waals surface area contributed by atoms with Crippen molar-refractivity contribution >= 4 is 34.9 Å². The summed E-state index contributed by atoms with van der Waals surface area (Å²) in [4.78, 5) is 41.1. The molecule has 1 fully saturated rings. The third kappa shape index (κ3) is 5.60. The van der Waals surface area contributed by atoms with Crippen LogP contribution in [0.4, 0.5) is 18.9 Å². The van der Waals surface area contributed by atoms with E-state index in [1.165, 1.54) is 43.3 Å². The molecule has 0 aliphatic carbocycles. The van der Waals surface area contributed by atoms with Gasteiger partial charge in [0, 0.05) is 47.1 Å². The van der Waals surface area contributed by atoms with Crippen LogP contribution in [0.3, 0.4) is 0 Å². The number of nitrogens with zero attached hydrogens (tertiary/aromatic N) is 1. The molecule has 0 spiro atoms. The van der Waals surface area contributed by atoms with Gasteiger partial charge in [-0.1, -0.05) is 50.6 Å². The topological polar surface area (TPSA) is 102 Å². The lowest BCUT2D eigenvalue weighted by Gasteiger charge is -2.54. The van der Waals surface area contributed by atoms with Crippen LogP contribution in [0.2, 0.25) is 5.02 Å². The number of rotatable bonds is 6. The molecule has 1 saturated heterocycles. The highest BCUT2D eigenvalue weighted by Crippen LogP contribution is 2.52. The minimum Gasteiger partial charge on any atom is -0.477 e. The average Bonchev–Trinajstić information content (AvgIpc) is 2.97. The van der Waals surface area contributed by atoms with Gasteiger partial charge in [0.2, 0.25) is 5.54 Å². The molecule has 4 atom stereocenters. The van der Waals surface area contributed by atoms with E-state index in [2.05, 4.69) is 10.1 Å². The first-order valence-corrected chi connectivity index (χ1v) is 13.5. The number of carbonyl (C=O) groups excluding carboxylic acids is 2. The second kappa shape index (κ2) is 11.0. The number of hydrogen-bond donors (Lipinski definition) is 2. The van der Waals surface area contributed by atoms with Crippen LogP contribution in [-0.2, 0) is 19.1 Å². The second-order valence-electron chi connectivity index (χ2n) is 11.7. The molecule has 0 saturated carbocycles. The first-order valence-electron chi connectivity index (χ1n) is 13.2. The number of fused-ring (bicyclic) bond motifs is 1. The van der Waals surface area contributed by atoms with Gasteiger partial charge in [-0.25, -0.2) is 14.1 Å². The van der Waals surface area contributed by atoms with Crippen LogP contribution in [0.5, 0.6) is 5.75 Å². The number of quaternary nitrogens is 1. The van der Waals surface area contributed by atoms with Crippen molar-refractivity contribution in [3.8, 4) is 5.75 Å². The Hall–Kier alpha value is -2.99. The lowest BCUT2D eigenvalue weighted by molar-refractivity contribution is -0.275. The van der Waals surface area contributed by atoms with Gasteiger partial charge < -0.3 is 19.9 Å². The van der Waals surface area contributed by atoms with Crippen LogP contribution in [0.15, 0.2) is 42.5 Å². The number of carbonyl (C=O) groups is 3. The van der Waals surface area contributed by atoms with E-state index in [1.807, 2.05) is 20.8 Å². The number of ketones is 1. The predicted molar refractivity (Wildman–Crippen MR) is 146 cm³/mol. The minimum absolute atomic E-state index is 0.0188. The van der Waals surface area contributed by atoms with Crippen molar-refractivity contribution in [2.45, 2.75) is 52.1 Å². The van der Waals surface area contributed by atoms with Gasteiger partial charge in [-0.3, -0.25) is 4.79 Å². The van der Waals surface area contributed by atoms with Crippen LogP contribution in [-0.4, -0.2) is 60.9 Å². The van der Waals surface area contributed by atoms with E-state index in [0.29, 0.717) is 0 Å². The quantitative estimate of drug-likeness (QED) is 0.438. The number of nitrogens with one attached hydrogen (secondary N) is 1. The minimum atomic E-state index is -5.00. The Morgan fingerprint density at radius 3 is 2.46 bits per heavy atom. The van der Waals surface area contributed by atoms with Crippen molar-refractivity contribution in [3.63, 3.8) is 0 Å². The Balaban J connectivity index is 2.11. The highest BCUT2D eigenvalue weighted by Gasteiger charge is 2.70. The molecule has 1 unspecified atom stereocenters. The van der Waals surface area contributed by atoms with Crippen molar-refractivity contribution in [2.75, 3.05) is 26.2 Å². The van der Waals surface area contributed by atoms with E-state index in [9.17, 15) is 32.7 Å². The molecule has 41 heavy (non-hydrogen) atoms. The van der Waals surface area contributed by atoms with Crippen LogP contribution in [0.25, 0.3) is 0 Å². The van der Waals surface area contributed by atoms with E-state index in [4.69, 9.17) is 16.3 Å². The molecule has 2 heterocycles. The summed E-state index contributed by atoms with van der Waals surface area (Å²) in [6.07, 6.45) is -6.33. The van der Waals surface area contributed by atoms with E-state index in [1.54, 1.807) is 0 Å². The molecule has 0 bridgehead atoms. The number of aliphatic carboxylic acids is 1. The predicted octanol–water partition coefficient (Wildman–Crippen LogP) is 5.26. The van der Waals surface area contributed by atoms with Gasteiger partial charge >= 0.3 is 18.2 Å². The summed E-state index contributed by atoms with van der Waals surface area (Å²) in [7, 11) is 0. The Labute approximate surface area is 241 Å². The van der Waals surface area contributed by atoms with Crippen molar-refractivity contribution < 1.29 is 42.1 Å². The summed E-state index contributed by atoms with van der Waals surface area (Å²) < 4.78 is 49.7. The average molecular weight is 598 g/mol. The van der Waals surface area contributed by atoms with Crippen LogP contribution >= 0.6 is 11.6 Å². The van der Waals surface area contributed by atoms with E-state index >= 15 is 0 Å². The zero-order valence-corrected chi connectivity index (χ0v) is 23.9. The molecule has 222 valence electrons. The largest absolute Gasteiger partial charge is 0.573 e. The van der Waals surface area contributed by atoms with E-state index in [0.717, 1.165) is 6.07 Å². The molecule has 4 rings (SSSR count). The van der Waals surface area contributed by atoms with Crippen LogP contribution in [0, 0.1) is 11.3 Å². The van der Waals surface area contributed by atoms with Gasteiger partial charge in [-0.15, -0.1) is 13.2 Å². The van der Waals surface area contributed by atoms with Crippen LogP contribution < -0.4 is 14.5 Å². The number of carboxylic acid groups (broad SMARTS) is 1. The standard InChI is InChI=1S/C29H32ClF3N2O6/c1-17(36)21-14-34-12-11-28(21,26(38)39)35(16-27(2,3)4)22-10-9-18(30)13-20(22)25(40-15-24(35)37)19-7-5-6-8-23(19)41-29(31,32)33/h5-10,13,21,25,34H,11-12,14-16H2,1-4H3/p+1/t21-,25?,28+,35+/m1/s1. The normalized spacial score (nSPS) is 27.1. The van der Waals surface area contributed by atoms with E-state index in [-0.39, 0.29) is 47.9 Å². The summed E-state index contributed by atoms with van der Waals surface area (Å²) in [5, 5.41) is 14.3. The molecule has 12 heteroatoms. The highest BCUT2D eigenvalue weighted by atomic mass is 35.5. The molecule has 2 aliphatic heterocycles. The SMILES string of the molecule is CC(=O)[C@H]1CNCC[C@]1(C(=O)O)[N@+]1(CC(C)(C)C)C(=O)COC(c2ccccc2OC(F)(F)F)c2cc(Cl)ccc21. The summed E-state index contributed by atoms with van der Waals surface area (Å²) >= 11 is 6.41. The number of Topliss-reactive ketones (excluding diaryl/α,β-unsaturated/α-hetero) is 1. The number of alkyl halides is 3. The first-order chi connectivity index (χ1) is 19.0. The first kappa shape index (κ1) is 31.0. The monoisotopic (exact) mass is 597 g/mol. The van der Waals surface area contributed by atoms with Crippen molar-refractivity contribution in [1.82, 2.24) is 9.80 Å². The second-order valence-corrected chi connectivity index (χ2v) is 12.2. The third-order valence-corrected chi connectivity index (χ3v) is 8.01. The smallest absolute Gasteiger partial charge is 0.477 e. The highest BCUT2D eigenvalue weighted by molar-refractivity contribution is 6.30. The molecule has 2 aromatic carbocycles. The number of benzene rings is 2. The number of hydrogen-bond acceptors (Lipinski definition) is 6. The molecule has 2 N–H and O–H groups in total. The Kier molecular flexibility index (Phi) is 8.32. The summed E-state index contributed by atoms with van der Waals surface area (Å²) in [6.45, 7) is 6.45. The molecular formula is C29H33ClF3N2O6+. The molecule has 1 amide bonds. The van der Waals surface area contributed by atoms with Gasteiger partial charge in [0.25, 0.3) is 0 Å². The Morgan fingerprint density at radius 2 is 1.85 bits per heavy atom. The Morgan fingerprint density at radius 1 is 1.17 bits per heavy atom. The molecule has 0 radical (unpaired) electrons. The van der Waals surface area contributed by atoms with Crippen molar-refractivity contribution in [1.29, 1.82) is 0 Å². The maximum Gasteiger partial charge on any atom is 0.573 e. The lowest BCUT2D eigenvalue weighted by Crippen LogP contribution is -2.80. The number of amides is 1. The molecule has 0 aromatic heterocycles. The lowest BCUT2D eigenvalue weighted by atomic mass is 9.70. The maximum atomic E-state index is 14.5. The van der Waals surface area contributed by atoms with Gasteiger partial charge in [-0.2, -0.15) is 0 Å². The molecular weight excluding hydrogens is 565 g/mol. The Bertz CT molecular complexity index is 1360. The van der Waals surface area contributed by atoms with Crippen molar-refractivity contribution in [2.24, 2.45) is 11.3 Å². The molecule has 8 nitrogen and oxygen atoms in total.